The maximum Gasteiger partial charge on any atom is 0.543 e. The first-order chi connectivity index (χ1) is 12.1. The Kier molecular flexibility index (Phi) is 7.19. The van der Waals surface area contributed by atoms with Crippen molar-refractivity contribution in [3.63, 3.8) is 0 Å². The Balaban J connectivity index is 2.33. The fourth-order valence-electron chi connectivity index (χ4n) is 2.69. The van der Waals surface area contributed by atoms with Gasteiger partial charge in [-0.05, 0) is 45.4 Å². The third-order valence-electron chi connectivity index (χ3n) is 3.67. The smallest absolute Gasteiger partial charge is 0.486 e. The molecule has 1 unspecified atom stereocenters. The zero-order valence-corrected chi connectivity index (χ0v) is 16.2. The first-order valence-electron chi connectivity index (χ1n) is 8.70. The van der Waals surface area contributed by atoms with Gasteiger partial charge in [-0.2, -0.15) is 0 Å². The molecule has 1 aromatic heterocycles. The van der Waals surface area contributed by atoms with Crippen LogP contribution >= 0.6 is 0 Å². The molecule has 7 heteroatoms. The van der Waals surface area contributed by atoms with Crippen LogP contribution in [-0.4, -0.2) is 34.4 Å². The summed E-state index contributed by atoms with van der Waals surface area (Å²) < 4.78 is 29.2. The van der Waals surface area contributed by atoms with Crippen molar-refractivity contribution in [2.45, 2.75) is 39.8 Å². The predicted molar refractivity (Wildman–Crippen MR) is 97.8 cm³/mol. The molecule has 0 saturated carbocycles. The minimum absolute atomic E-state index is 0.347. The number of hydrogen-bond donors (Lipinski definition) is 0. The normalized spacial score (nSPS) is 13.1. The summed E-state index contributed by atoms with van der Waals surface area (Å²) >= 11 is 0. The van der Waals surface area contributed by atoms with Gasteiger partial charge in [-0.25, -0.2) is 4.79 Å². The fourth-order valence-corrected chi connectivity index (χ4v) is 5.49. The van der Waals surface area contributed by atoms with Gasteiger partial charge in [0, 0.05) is 37.3 Å². The monoisotopic (exact) mass is 366 g/mol. The molecule has 1 atom stereocenters. The summed E-state index contributed by atoms with van der Waals surface area (Å²) in [4.78, 5) is 11.4. The molecule has 0 spiro atoms. The zero-order valence-electron chi connectivity index (χ0n) is 15.2. The van der Waals surface area contributed by atoms with Gasteiger partial charge in [0.1, 0.15) is 11.3 Å². The number of ether oxygens (including phenoxy) is 1. The van der Waals surface area contributed by atoms with E-state index in [0.717, 1.165) is 5.39 Å². The van der Waals surface area contributed by atoms with E-state index < -0.39 is 14.4 Å². The van der Waals surface area contributed by atoms with Crippen LogP contribution in [0.1, 0.15) is 34.1 Å². The van der Waals surface area contributed by atoms with E-state index in [4.69, 9.17) is 22.4 Å². The molecule has 25 heavy (non-hydrogen) atoms. The highest BCUT2D eigenvalue weighted by molar-refractivity contribution is 6.62. The number of hydrogen-bond acceptors (Lipinski definition) is 6. The number of benzene rings is 1. The molecule has 0 N–H and O–H groups in total. The van der Waals surface area contributed by atoms with Gasteiger partial charge in [-0.15, -0.1) is 0 Å². The van der Waals surface area contributed by atoms with E-state index in [1.54, 1.807) is 12.1 Å². The Labute approximate surface area is 149 Å². The molecule has 6 nitrogen and oxygen atoms in total. The topological polar surface area (TPSA) is 67.1 Å². The van der Waals surface area contributed by atoms with E-state index in [0.29, 0.717) is 37.6 Å². The van der Waals surface area contributed by atoms with E-state index in [-0.39, 0.29) is 5.73 Å². The average molecular weight is 366 g/mol. The standard InChI is InChI=1S/C18H26O6Si/c1-5-18(25(20-6-2,21-7-3)22-8-4)23-15-11-9-14-10-12-17(19)24-16(14)13-15/h9-13,18H,5-8H2,1-4H3. The minimum Gasteiger partial charge on any atom is -0.486 e. The highest BCUT2D eigenvalue weighted by Gasteiger charge is 2.50. The van der Waals surface area contributed by atoms with E-state index >= 15 is 0 Å². The van der Waals surface area contributed by atoms with E-state index in [9.17, 15) is 4.79 Å². The summed E-state index contributed by atoms with van der Waals surface area (Å²) in [5, 5.41) is 0.836. The largest absolute Gasteiger partial charge is 0.543 e. The van der Waals surface area contributed by atoms with Gasteiger partial charge >= 0.3 is 14.4 Å². The van der Waals surface area contributed by atoms with Crippen LogP contribution in [0.3, 0.4) is 0 Å². The molecule has 0 bridgehead atoms. The van der Waals surface area contributed by atoms with Crippen LogP contribution in [-0.2, 0) is 13.3 Å². The van der Waals surface area contributed by atoms with Gasteiger partial charge in [0.2, 0.25) is 0 Å². The minimum atomic E-state index is -3.00. The summed E-state index contributed by atoms with van der Waals surface area (Å²) in [7, 11) is -3.00. The lowest BCUT2D eigenvalue weighted by atomic mass is 10.2. The number of fused-ring (bicyclic) bond motifs is 1. The average Bonchev–Trinajstić information content (AvgIpc) is 2.59. The molecule has 1 heterocycles. The van der Waals surface area contributed by atoms with Gasteiger partial charge in [-0.1, -0.05) is 6.92 Å². The maximum absolute atomic E-state index is 11.4. The molecule has 1 aromatic carbocycles. The lowest BCUT2D eigenvalue weighted by Gasteiger charge is -2.34. The molecule has 2 aromatic rings. The van der Waals surface area contributed by atoms with Crippen LogP contribution in [0, 0.1) is 0 Å². The van der Waals surface area contributed by atoms with Crippen molar-refractivity contribution in [1.82, 2.24) is 0 Å². The Bertz CT molecular complexity index is 712. The van der Waals surface area contributed by atoms with Crippen LogP contribution in [0.15, 0.2) is 39.5 Å². The third-order valence-corrected chi connectivity index (χ3v) is 7.06. The molecular formula is C18H26O6Si. The van der Waals surface area contributed by atoms with Crippen molar-refractivity contribution in [3.05, 3.63) is 40.8 Å². The second kappa shape index (κ2) is 9.14. The lowest BCUT2D eigenvalue weighted by Crippen LogP contribution is -2.58. The number of rotatable bonds is 10. The van der Waals surface area contributed by atoms with Crippen molar-refractivity contribution < 1.29 is 22.4 Å². The summed E-state index contributed by atoms with van der Waals surface area (Å²) in [6.45, 7) is 9.20. The summed E-state index contributed by atoms with van der Waals surface area (Å²) in [6.07, 6.45) is 0.670. The van der Waals surface area contributed by atoms with Crippen molar-refractivity contribution in [1.29, 1.82) is 0 Å². The van der Waals surface area contributed by atoms with Gasteiger partial charge in [-0.3, -0.25) is 0 Å². The summed E-state index contributed by atoms with van der Waals surface area (Å²) in [6, 6.07) is 8.53. The Hall–Kier alpha value is -1.67. The van der Waals surface area contributed by atoms with Gasteiger partial charge < -0.3 is 22.4 Å². The van der Waals surface area contributed by atoms with Crippen LogP contribution in [0.5, 0.6) is 5.75 Å². The molecule has 0 radical (unpaired) electrons. The van der Waals surface area contributed by atoms with Crippen LogP contribution in [0.4, 0.5) is 0 Å². The first kappa shape index (κ1) is 19.6. The molecule has 2 rings (SSSR count). The molecule has 0 aliphatic heterocycles. The molecule has 0 aliphatic carbocycles. The Morgan fingerprint density at radius 1 is 0.960 bits per heavy atom. The zero-order chi connectivity index (χ0) is 18.3. The highest BCUT2D eigenvalue weighted by Crippen LogP contribution is 2.26. The summed E-state index contributed by atoms with van der Waals surface area (Å²) in [5.41, 5.74) is -0.255. The Morgan fingerprint density at radius 3 is 2.12 bits per heavy atom. The third kappa shape index (κ3) is 4.69. The van der Waals surface area contributed by atoms with Crippen LogP contribution in [0.25, 0.3) is 11.0 Å². The van der Waals surface area contributed by atoms with E-state index in [1.165, 1.54) is 6.07 Å². The lowest BCUT2D eigenvalue weighted by molar-refractivity contribution is 0.0283. The molecule has 0 amide bonds. The highest BCUT2D eigenvalue weighted by atomic mass is 28.4. The molecular weight excluding hydrogens is 340 g/mol. The second-order valence-corrected chi connectivity index (χ2v) is 8.09. The van der Waals surface area contributed by atoms with Gasteiger partial charge in [0.05, 0.1) is 0 Å². The van der Waals surface area contributed by atoms with Gasteiger partial charge in [0.25, 0.3) is 0 Å². The molecule has 0 aliphatic rings. The maximum atomic E-state index is 11.4. The summed E-state index contributed by atoms with van der Waals surface area (Å²) in [5.74, 6) is 0.588. The van der Waals surface area contributed by atoms with E-state index in [2.05, 4.69) is 0 Å². The van der Waals surface area contributed by atoms with Crippen molar-refractivity contribution >= 4 is 19.8 Å². The van der Waals surface area contributed by atoms with Gasteiger partial charge in [0.15, 0.2) is 5.73 Å². The van der Waals surface area contributed by atoms with Crippen molar-refractivity contribution in [3.8, 4) is 5.75 Å². The van der Waals surface area contributed by atoms with E-state index in [1.807, 2.05) is 39.8 Å². The molecule has 0 fully saturated rings. The fraction of sp³-hybridized carbons (Fsp3) is 0.500. The molecule has 138 valence electrons. The molecule has 0 saturated heterocycles. The quantitative estimate of drug-likeness (QED) is 0.473. The van der Waals surface area contributed by atoms with Crippen molar-refractivity contribution in [2.75, 3.05) is 19.8 Å². The van der Waals surface area contributed by atoms with Crippen LogP contribution in [0.2, 0.25) is 0 Å². The Morgan fingerprint density at radius 2 is 1.56 bits per heavy atom. The van der Waals surface area contributed by atoms with Crippen LogP contribution < -0.4 is 10.4 Å². The van der Waals surface area contributed by atoms with Crippen molar-refractivity contribution in [2.24, 2.45) is 0 Å². The second-order valence-electron chi connectivity index (χ2n) is 5.37. The first-order valence-corrected chi connectivity index (χ1v) is 10.5. The predicted octanol–water partition coefficient (Wildman–Crippen LogP) is 3.54. The SMILES string of the molecule is CCO[Si](OCC)(OCC)C(CC)Oc1ccc2ccc(=O)oc2c1.